The molecule has 4 aromatic rings. The van der Waals surface area contributed by atoms with Crippen LogP contribution in [0.3, 0.4) is 0 Å². The number of halogens is 9. The van der Waals surface area contributed by atoms with Crippen molar-refractivity contribution in [3.8, 4) is 0 Å². The molecule has 0 fully saturated rings. The zero-order chi connectivity index (χ0) is 30.9. The van der Waals surface area contributed by atoms with E-state index >= 15 is 4.39 Å². The van der Waals surface area contributed by atoms with Crippen LogP contribution in [0.4, 0.5) is 35.1 Å². The molecule has 2 aromatic heterocycles. The third-order valence-corrected chi connectivity index (χ3v) is 6.55. The molecule has 2 heterocycles. The van der Waals surface area contributed by atoms with Crippen molar-refractivity contribution in [1.82, 2.24) is 15.3 Å². The number of hydrogen-bond acceptors (Lipinski definition) is 4. The van der Waals surface area contributed by atoms with Crippen LogP contribution in [0.1, 0.15) is 39.7 Å². The number of pyridine rings is 1. The summed E-state index contributed by atoms with van der Waals surface area (Å²) < 4.78 is 115. The zero-order valence-corrected chi connectivity index (χ0v) is 22.5. The van der Waals surface area contributed by atoms with Gasteiger partial charge in [0.25, 0.3) is 0 Å². The average molecular weight is 616 g/mol. The fourth-order valence-electron chi connectivity index (χ4n) is 4.54. The minimum atomic E-state index is -4.96. The Kier molecular flexibility index (Phi) is 8.68. The van der Waals surface area contributed by atoms with Crippen molar-refractivity contribution in [3.63, 3.8) is 0 Å². The van der Waals surface area contributed by atoms with Crippen molar-refractivity contribution in [2.45, 2.75) is 43.8 Å². The Bertz CT molecular complexity index is 1560. The summed E-state index contributed by atoms with van der Waals surface area (Å²) in [7, 11) is 0. The Morgan fingerprint density at radius 2 is 1.67 bits per heavy atom. The van der Waals surface area contributed by atoms with Crippen molar-refractivity contribution >= 4 is 17.3 Å². The van der Waals surface area contributed by atoms with Gasteiger partial charge in [-0.05, 0) is 41.0 Å². The van der Waals surface area contributed by atoms with Crippen LogP contribution < -0.4 is 5.32 Å². The molecule has 13 heteroatoms. The molecular formula is C29H22ClF8N3O. The summed E-state index contributed by atoms with van der Waals surface area (Å²) in [5.41, 5.74) is -2.90. The highest BCUT2D eigenvalue weighted by atomic mass is 35.5. The average Bonchev–Trinajstić information content (AvgIpc) is 3.31. The number of rotatable bonds is 10. The number of benzene rings is 2. The van der Waals surface area contributed by atoms with Crippen LogP contribution in [-0.2, 0) is 24.6 Å². The second-order valence-corrected chi connectivity index (χ2v) is 9.96. The Morgan fingerprint density at radius 3 is 2.26 bits per heavy atom. The van der Waals surface area contributed by atoms with E-state index < -0.39 is 59.0 Å². The van der Waals surface area contributed by atoms with Gasteiger partial charge < -0.3 is 9.73 Å². The SMILES string of the molecule is C=C(NC(Cc1ccccc1)(c1cc(F)cc(CC(F)(F)C(F)F)c1)c1ccc(Cl)cn1)c1nc(C)oc1C(F)(F)F. The first-order valence-electron chi connectivity index (χ1n) is 12.2. The minimum absolute atomic E-state index is 0.0721. The van der Waals surface area contributed by atoms with Gasteiger partial charge in [-0.15, -0.1) is 0 Å². The second kappa shape index (κ2) is 11.7. The van der Waals surface area contributed by atoms with Gasteiger partial charge in [0.1, 0.15) is 17.1 Å². The van der Waals surface area contributed by atoms with E-state index in [-0.39, 0.29) is 28.6 Å². The van der Waals surface area contributed by atoms with Gasteiger partial charge in [0.05, 0.1) is 16.4 Å². The van der Waals surface area contributed by atoms with Gasteiger partial charge in [0, 0.05) is 26.0 Å². The molecule has 1 N–H and O–H groups in total. The smallest absolute Gasteiger partial charge is 0.436 e. The van der Waals surface area contributed by atoms with Crippen molar-refractivity contribution < 1.29 is 39.5 Å². The number of aryl methyl sites for hydroxylation is 1. The number of oxazole rings is 1. The molecule has 2 aromatic carbocycles. The van der Waals surface area contributed by atoms with Gasteiger partial charge in [-0.2, -0.15) is 22.0 Å². The van der Waals surface area contributed by atoms with E-state index in [4.69, 9.17) is 16.0 Å². The standard InChI is InChI=1S/C29H22ClF8N3O/c1-16(24-25(29(36,37)38)42-17(2)40-24)41-27(13-18-6-4-3-5-7-18,23-9-8-21(30)15-39-23)20-10-19(11-22(31)12-20)14-28(34,35)26(32)33/h3-12,15,26,41H,1,13-14H2,2H3. The molecule has 0 saturated heterocycles. The molecule has 0 aliphatic carbocycles. The number of alkyl halides is 7. The molecule has 1 unspecified atom stereocenters. The summed E-state index contributed by atoms with van der Waals surface area (Å²) >= 11 is 6.03. The van der Waals surface area contributed by atoms with Crippen LogP contribution in [0.5, 0.6) is 0 Å². The molecule has 0 radical (unpaired) electrons. The number of hydrogen-bond donors (Lipinski definition) is 1. The Hall–Kier alpha value is -3.93. The first-order chi connectivity index (χ1) is 19.6. The summed E-state index contributed by atoms with van der Waals surface area (Å²) in [6, 6.07) is 13.9. The van der Waals surface area contributed by atoms with Crippen LogP contribution in [0, 0.1) is 12.7 Å². The molecule has 1 atom stereocenters. The zero-order valence-electron chi connectivity index (χ0n) is 21.8. The predicted molar refractivity (Wildman–Crippen MR) is 140 cm³/mol. The van der Waals surface area contributed by atoms with Gasteiger partial charge in [-0.1, -0.05) is 54.6 Å². The monoisotopic (exact) mass is 615 g/mol. The van der Waals surface area contributed by atoms with Crippen LogP contribution in [0.25, 0.3) is 5.70 Å². The molecule has 0 aliphatic heterocycles. The van der Waals surface area contributed by atoms with E-state index in [0.29, 0.717) is 11.6 Å². The third kappa shape index (κ3) is 6.75. The maximum atomic E-state index is 15.0. The third-order valence-electron chi connectivity index (χ3n) is 6.33. The van der Waals surface area contributed by atoms with Crippen LogP contribution in [0.15, 0.2) is 77.9 Å². The maximum absolute atomic E-state index is 15.0. The lowest BCUT2D eigenvalue weighted by molar-refractivity contribution is -0.153. The largest absolute Gasteiger partial charge is 0.451 e. The maximum Gasteiger partial charge on any atom is 0.451 e. The second-order valence-electron chi connectivity index (χ2n) is 9.53. The van der Waals surface area contributed by atoms with E-state index in [1.807, 2.05) is 0 Å². The number of nitrogens with zero attached hydrogens (tertiary/aromatic N) is 2. The Morgan fingerprint density at radius 1 is 0.976 bits per heavy atom. The van der Waals surface area contributed by atoms with E-state index in [1.165, 1.54) is 25.3 Å². The van der Waals surface area contributed by atoms with E-state index in [9.17, 15) is 30.7 Å². The van der Waals surface area contributed by atoms with Crippen LogP contribution in [-0.4, -0.2) is 22.3 Å². The first kappa shape index (κ1) is 31.0. The quantitative estimate of drug-likeness (QED) is 0.182. The number of nitrogens with one attached hydrogen (secondary N) is 1. The van der Waals surface area contributed by atoms with Gasteiger partial charge in [-0.25, -0.2) is 18.2 Å². The molecule has 0 spiro atoms. The fourth-order valence-corrected chi connectivity index (χ4v) is 4.65. The molecule has 42 heavy (non-hydrogen) atoms. The normalized spacial score (nSPS) is 13.7. The molecule has 0 bridgehead atoms. The lowest BCUT2D eigenvalue weighted by atomic mass is 9.79. The highest BCUT2D eigenvalue weighted by Gasteiger charge is 2.44. The van der Waals surface area contributed by atoms with Gasteiger partial charge in [0.15, 0.2) is 5.89 Å². The molecule has 222 valence electrons. The molecule has 4 rings (SSSR count). The van der Waals surface area contributed by atoms with E-state index in [0.717, 1.165) is 12.1 Å². The lowest BCUT2D eigenvalue weighted by Crippen LogP contribution is -2.45. The summed E-state index contributed by atoms with van der Waals surface area (Å²) in [5, 5.41) is 3.08. The van der Waals surface area contributed by atoms with Crippen LogP contribution >= 0.6 is 11.6 Å². The predicted octanol–water partition coefficient (Wildman–Crippen LogP) is 8.38. The van der Waals surface area contributed by atoms with Gasteiger partial charge in [-0.3, -0.25) is 4.98 Å². The number of aromatic nitrogens is 2. The summed E-state index contributed by atoms with van der Waals surface area (Å²) in [6.45, 7) is 4.93. The van der Waals surface area contributed by atoms with E-state index in [1.54, 1.807) is 30.3 Å². The highest BCUT2D eigenvalue weighted by Crippen LogP contribution is 2.40. The van der Waals surface area contributed by atoms with Crippen molar-refractivity contribution in [1.29, 1.82) is 0 Å². The molecule has 0 saturated carbocycles. The van der Waals surface area contributed by atoms with Crippen molar-refractivity contribution in [2.75, 3.05) is 0 Å². The lowest BCUT2D eigenvalue weighted by Gasteiger charge is -2.37. The summed E-state index contributed by atoms with van der Waals surface area (Å²) in [6.07, 6.45) is -9.41. The van der Waals surface area contributed by atoms with Crippen molar-refractivity contribution in [2.24, 2.45) is 0 Å². The fraction of sp³-hybridized carbons (Fsp3) is 0.241. The first-order valence-corrected chi connectivity index (χ1v) is 12.6. The Balaban J connectivity index is 1.97. The van der Waals surface area contributed by atoms with E-state index in [2.05, 4.69) is 21.9 Å². The van der Waals surface area contributed by atoms with Crippen molar-refractivity contribution in [3.05, 3.63) is 124 Å². The molecule has 0 aliphatic rings. The molecule has 4 nitrogen and oxygen atoms in total. The highest BCUT2D eigenvalue weighted by molar-refractivity contribution is 6.30. The minimum Gasteiger partial charge on any atom is -0.436 e. The Labute approximate surface area is 240 Å². The molecular weight excluding hydrogens is 594 g/mol. The van der Waals surface area contributed by atoms with Gasteiger partial charge >= 0.3 is 18.5 Å². The van der Waals surface area contributed by atoms with Crippen LogP contribution in [0.2, 0.25) is 5.02 Å². The topological polar surface area (TPSA) is 51.0 Å². The van der Waals surface area contributed by atoms with Gasteiger partial charge in [0.2, 0.25) is 5.76 Å². The summed E-state index contributed by atoms with van der Waals surface area (Å²) in [5.74, 6) is -7.31. The summed E-state index contributed by atoms with van der Waals surface area (Å²) in [4.78, 5) is 8.14. The molecule has 0 amide bonds.